The number of aromatic nitrogens is 2. The number of benzene rings is 1. The summed E-state index contributed by atoms with van der Waals surface area (Å²) in [6, 6.07) is 10.7. The minimum Gasteiger partial charge on any atom is -0.457 e. The largest absolute Gasteiger partial charge is 0.457 e. The highest BCUT2D eigenvalue weighted by Gasteiger charge is 2.19. The van der Waals surface area contributed by atoms with E-state index < -0.39 is 5.97 Å². The van der Waals surface area contributed by atoms with Crippen LogP contribution in [-0.4, -0.2) is 40.5 Å². The highest BCUT2D eigenvalue weighted by atomic mass is 16.5. The lowest BCUT2D eigenvalue weighted by molar-refractivity contribution is -0.142. The zero-order valence-corrected chi connectivity index (χ0v) is 18.0. The van der Waals surface area contributed by atoms with Crippen LogP contribution in [0.2, 0.25) is 0 Å². The molecule has 8 nitrogen and oxygen atoms in total. The third kappa shape index (κ3) is 5.09. The van der Waals surface area contributed by atoms with Crippen molar-refractivity contribution in [1.82, 2.24) is 15.0 Å². The smallest absolute Gasteiger partial charge is 0.308 e. The van der Waals surface area contributed by atoms with E-state index in [1.54, 1.807) is 38.1 Å². The van der Waals surface area contributed by atoms with Crippen molar-refractivity contribution in [3.63, 3.8) is 0 Å². The van der Waals surface area contributed by atoms with E-state index in [4.69, 9.17) is 9.26 Å². The molecule has 3 aromatic rings. The Bertz CT molecular complexity index is 1130. The fourth-order valence-electron chi connectivity index (χ4n) is 3.35. The van der Waals surface area contributed by atoms with Gasteiger partial charge >= 0.3 is 5.97 Å². The van der Waals surface area contributed by atoms with Crippen molar-refractivity contribution < 1.29 is 23.6 Å². The molecule has 0 saturated heterocycles. The summed E-state index contributed by atoms with van der Waals surface area (Å²) in [5, 5.41) is 6.67. The summed E-state index contributed by atoms with van der Waals surface area (Å²) in [6.07, 6.45) is -0.0257. The Balaban J connectivity index is 1.51. The monoisotopic (exact) mass is 423 g/mol. The summed E-state index contributed by atoms with van der Waals surface area (Å²) >= 11 is 0. The van der Waals surface area contributed by atoms with Gasteiger partial charge < -0.3 is 14.6 Å². The highest BCUT2D eigenvalue weighted by Crippen LogP contribution is 2.21. The van der Waals surface area contributed by atoms with E-state index >= 15 is 0 Å². The molecule has 1 N–H and O–H groups in total. The van der Waals surface area contributed by atoms with Crippen LogP contribution in [0.4, 0.5) is 0 Å². The quantitative estimate of drug-likeness (QED) is 0.441. The second-order valence-corrected chi connectivity index (χ2v) is 7.32. The summed E-state index contributed by atoms with van der Waals surface area (Å²) in [7, 11) is 0. The average molecular weight is 423 g/mol. The fraction of sp³-hybridized carbons (Fsp3) is 0.304. The number of ether oxygens (including phenoxy) is 1. The lowest BCUT2D eigenvalue weighted by Gasteiger charge is -2.08. The Labute approximate surface area is 180 Å². The lowest BCUT2D eigenvalue weighted by Crippen LogP contribution is -2.27. The number of carbonyl (C=O) groups is 3. The van der Waals surface area contributed by atoms with Gasteiger partial charge in [0.15, 0.2) is 12.4 Å². The van der Waals surface area contributed by atoms with Gasteiger partial charge in [0.05, 0.1) is 6.42 Å². The van der Waals surface area contributed by atoms with Crippen molar-refractivity contribution in [2.75, 3.05) is 13.2 Å². The van der Waals surface area contributed by atoms with E-state index in [1.807, 2.05) is 30.5 Å². The van der Waals surface area contributed by atoms with Crippen molar-refractivity contribution in [3.05, 3.63) is 70.2 Å². The van der Waals surface area contributed by atoms with Gasteiger partial charge in [0.1, 0.15) is 5.76 Å². The number of amides is 1. The van der Waals surface area contributed by atoms with Crippen molar-refractivity contribution in [2.24, 2.45) is 0 Å². The minimum atomic E-state index is -0.556. The number of nitrogens with zero attached hydrogens (tertiary/aromatic N) is 2. The molecule has 1 amide bonds. The Hall–Kier alpha value is -3.68. The zero-order chi connectivity index (χ0) is 22.5. The molecular formula is C23H25N3O5. The van der Waals surface area contributed by atoms with Crippen LogP contribution in [-0.2, 0) is 9.53 Å². The van der Waals surface area contributed by atoms with Gasteiger partial charge in [0.2, 0.25) is 5.78 Å². The molecule has 0 aliphatic carbocycles. The Kier molecular flexibility index (Phi) is 6.69. The van der Waals surface area contributed by atoms with E-state index in [2.05, 4.69) is 10.5 Å². The first-order chi connectivity index (χ1) is 14.8. The fourth-order valence-corrected chi connectivity index (χ4v) is 3.35. The molecular weight excluding hydrogens is 398 g/mol. The van der Waals surface area contributed by atoms with Gasteiger partial charge in [-0.2, -0.15) is 0 Å². The number of esters is 1. The van der Waals surface area contributed by atoms with Gasteiger partial charge in [0.25, 0.3) is 5.91 Å². The number of hydrogen-bond acceptors (Lipinski definition) is 6. The normalized spacial score (nSPS) is 10.7. The third-order valence-electron chi connectivity index (χ3n) is 4.94. The minimum absolute atomic E-state index is 0.0257. The van der Waals surface area contributed by atoms with Crippen molar-refractivity contribution in [3.8, 4) is 5.82 Å². The summed E-state index contributed by atoms with van der Waals surface area (Å²) in [4.78, 5) is 36.7. The molecule has 8 heteroatoms. The van der Waals surface area contributed by atoms with Gasteiger partial charge in [-0.05, 0) is 45.4 Å². The number of carbonyl (C=O) groups excluding carboxylic acids is 3. The SMILES string of the molecule is Cc1cc(-n2c(C)cc(C(=O)COC(=O)CCNC(=O)c3ccccc3C)c2C)no1. The van der Waals surface area contributed by atoms with Crippen LogP contribution in [0.15, 0.2) is 40.9 Å². The molecule has 2 heterocycles. The molecule has 31 heavy (non-hydrogen) atoms. The Morgan fingerprint density at radius 2 is 1.81 bits per heavy atom. The second kappa shape index (κ2) is 9.42. The topological polar surface area (TPSA) is 103 Å². The van der Waals surface area contributed by atoms with Gasteiger partial charge in [-0.1, -0.05) is 23.4 Å². The summed E-state index contributed by atoms with van der Waals surface area (Å²) in [6.45, 7) is 7.05. The van der Waals surface area contributed by atoms with E-state index in [0.29, 0.717) is 28.4 Å². The van der Waals surface area contributed by atoms with Crippen LogP contribution in [0.3, 0.4) is 0 Å². The predicted octanol–water partition coefficient (Wildman–Crippen LogP) is 3.24. The van der Waals surface area contributed by atoms with Crippen molar-refractivity contribution >= 4 is 17.7 Å². The van der Waals surface area contributed by atoms with Crippen LogP contribution in [0.1, 0.15) is 49.8 Å². The molecule has 0 radical (unpaired) electrons. The number of aryl methyl sites for hydroxylation is 3. The van der Waals surface area contributed by atoms with Crippen molar-refractivity contribution in [1.29, 1.82) is 0 Å². The Morgan fingerprint density at radius 3 is 2.48 bits per heavy atom. The summed E-state index contributed by atoms with van der Waals surface area (Å²) < 4.78 is 12.0. The second-order valence-electron chi connectivity index (χ2n) is 7.32. The van der Waals surface area contributed by atoms with E-state index in [1.165, 1.54) is 0 Å². The van der Waals surface area contributed by atoms with Crippen LogP contribution in [0, 0.1) is 27.7 Å². The maximum absolute atomic E-state index is 12.6. The maximum atomic E-state index is 12.6. The molecule has 0 fully saturated rings. The lowest BCUT2D eigenvalue weighted by atomic mass is 10.1. The Morgan fingerprint density at radius 1 is 1.06 bits per heavy atom. The summed E-state index contributed by atoms with van der Waals surface area (Å²) in [5.74, 6) is 0.139. The number of Topliss-reactive ketones (excluding diaryl/α,β-unsaturated/α-hetero) is 1. The van der Waals surface area contributed by atoms with Gasteiger partial charge in [-0.3, -0.25) is 19.0 Å². The molecule has 1 aromatic carbocycles. The molecule has 3 rings (SSSR count). The predicted molar refractivity (Wildman–Crippen MR) is 113 cm³/mol. The first kappa shape index (κ1) is 22.0. The molecule has 0 atom stereocenters. The number of ketones is 1. The standard InChI is InChI=1S/C23H25N3O5/c1-14-7-5-6-8-18(14)23(29)24-10-9-22(28)30-13-20(27)19-11-15(2)26(17(19)4)21-12-16(3)31-25-21/h5-8,11-12H,9-10,13H2,1-4H3,(H,24,29). The molecule has 0 unspecified atom stereocenters. The first-order valence-electron chi connectivity index (χ1n) is 9.93. The van der Waals surface area contributed by atoms with E-state index in [0.717, 1.165) is 11.3 Å². The molecule has 0 spiro atoms. The van der Waals surface area contributed by atoms with Gasteiger partial charge in [-0.15, -0.1) is 0 Å². The van der Waals surface area contributed by atoms with Crippen molar-refractivity contribution in [2.45, 2.75) is 34.1 Å². The molecule has 2 aromatic heterocycles. The number of rotatable bonds is 8. The van der Waals surface area contributed by atoms with E-state index in [-0.39, 0.29) is 31.3 Å². The highest BCUT2D eigenvalue weighted by molar-refractivity contribution is 5.99. The maximum Gasteiger partial charge on any atom is 0.308 e. The molecule has 0 bridgehead atoms. The molecule has 0 saturated carbocycles. The first-order valence-corrected chi connectivity index (χ1v) is 9.93. The van der Waals surface area contributed by atoms with Crippen LogP contribution < -0.4 is 5.32 Å². The zero-order valence-electron chi connectivity index (χ0n) is 18.0. The molecule has 0 aliphatic rings. The summed E-state index contributed by atoms with van der Waals surface area (Å²) in [5.41, 5.74) is 3.38. The van der Waals surface area contributed by atoms with Crippen LogP contribution in [0.25, 0.3) is 5.82 Å². The van der Waals surface area contributed by atoms with Gasteiger partial charge in [-0.25, -0.2) is 0 Å². The van der Waals surface area contributed by atoms with Gasteiger partial charge in [0, 0.05) is 35.1 Å². The van der Waals surface area contributed by atoms with E-state index in [9.17, 15) is 14.4 Å². The average Bonchev–Trinajstić information content (AvgIpc) is 3.28. The number of hydrogen-bond donors (Lipinski definition) is 1. The van der Waals surface area contributed by atoms with Crippen LogP contribution >= 0.6 is 0 Å². The van der Waals surface area contributed by atoms with Crippen LogP contribution in [0.5, 0.6) is 0 Å². The number of nitrogens with one attached hydrogen (secondary N) is 1. The molecule has 162 valence electrons. The third-order valence-corrected chi connectivity index (χ3v) is 4.94. The molecule has 0 aliphatic heterocycles.